The van der Waals surface area contributed by atoms with Gasteiger partial charge in [-0.3, -0.25) is 9.59 Å². The predicted octanol–water partition coefficient (Wildman–Crippen LogP) is 3.36. The minimum absolute atomic E-state index is 0.0298. The van der Waals surface area contributed by atoms with Crippen LogP contribution in [-0.4, -0.2) is 58.5 Å². The Bertz CT molecular complexity index is 1080. The first kappa shape index (κ1) is 22.7. The van der Waals surface area contributed by atoms with Gasteiger partial charge in [-0.05, 0) is 36.1 Å². The maximum Gasteiger partial charge on any atom is 0.242 e. The largest absolute Gasteiger partial charge is 0.394 e. The summed E-state index contributed by atoms with van der Waals surface area (Å²) in [7, 11) is 0. The number of hydrogen-bond acceptors (Lipinski definition) is 3. The van der Waals surface area contributed by atoms with E-state index >= 15 is 0 Å². The van der Waals surface area contributed by atoms with Crippen LogP contribution in [0.25, 0.3) is 0 Å². The Balaban J connectivity index is 1.28. The van der Waals surface area contributed by atoms with Crippen molar-refractivity contribution >= 4 is 11.8 Å². The molecule has 2 amide bonds. The number of benzene rings is 2. The first-order valence-electron chi connectivity index (χ1n) is 12.5. The van der Waals surface area contributed by atoms with Crippen LogP contribution in [0.5, 0.6) is 0 Å². The molecule has 2 heterocycles. The topological polar surface area (TPSA) is 60.9 Å². The van der Waals surface area contributed by atoms with E-state index in [0.29, 0.717) is 13.0 Å². The Morgan fingerprint density at radius 1 is 1.00 bits per heavy atom. The Hall–Kier alpha value is -3.10. The molecule has 34 heavy (non-hydrogen) atoms. The fourth-order valence-corrected chi connectivity index (χ4v) is 5.91. The summed E-state index contributed by atoms with van der Waals surface area (Å²) in [6.07, 6.45) is 5.99. The molecule has 0 radical (unpaired) electrons. The van der Waals surface area contributed by atoms with Crippen molar-refractivity contribution in [2.24, 2.45) is 5.92 Å². The number of nitrogens with zero attached hydrogens (tertiary/aromatic N) is 2. The molecule has 2 aromatic rings. The molecular weight excluding hydrogens is 424 g/mol. The molecule has 0 bridgehead atoms. The monoisotopic (exact) mass is 456 g/mol. The SMILES string of the molecule is O=C(C1CCCCC1)N1CC(=O)N2[C@H](CO)[C@@H](c3ccc(C#CCc4ccccc4)cc3)[C@@H]2C1. The first-order valence-corrected chi connectivity index (χ1v) is 12.5. The van der Waals surface area contributed by atoms with Gasteiger partial charge < -0.3 is 14.9 Å². The van der Waals surface area contributed by atoms with Crippen molar-refractivity contribution < 1.29 is 14.7 Å². The van der Waals surface area contributed by atoms with E-state index in [4.69, 9.17) is 0 Å². The van der Waals surface area contributed by atoms with Crippen molar-refractivity contribution in [3.8, 4) is 11.8 Å². The van der Waals surface area contributed by atoms with Crippen LogP contribution in [0.3, 0.4) is 0 Å². The summed E-state index contributed by atoms with van der Waals surface area (Å²) in [4.78, 5) is 29.6. The molecule has 1 N–H and O–H groups in total. The number of rotatable bonds is 4. The molecule has 5 nitrogen and oxygen atoms in total. The van der Waals surface area contributed by atoms with Gasteiger partial charge in [0.1, 0.15) is 0 Å². The Labute approximate surface area is 201 Å². The minimum Gasteiger partial charge on any atom is -0.394 e. The highest BCUT2D eigenvalue weighted by Gasteiger charge is 2.54. The van der Waals surface area contributed by atoms with E-state index in [9.17, 15) is 14.7 Å². The second-order valence-corrected chi connectivity index (χ2v) is 9.78. The minimum atomic E-state index is -0.223. The second-order valence-electron chi connectivity index (χ2n) is 9.78. The van der Waals surface area contributed by atoms with Crippen molar-refractivity contribution in [1.82, 2.24) is 9.80 Å². The standard InChI is InChI=1S/C29H32N2O3/c32-20-26-28(23-16-14-22(15-17-23)11-7-10-21-8-3-1-4-9-21)25-18-30(19-27(33)31(25)26)29(34)24-12-5-2-6-13-24/h1,3-4,8-9,14-17,24-26,28,32H,2,5-6,10,12-13,18-20H2/t25-,26+,28-/m0/s1. The van der Waals surface area contributed by atoms with Crippen molar-refractivity contribution in [3.05, 3.63) is 71.3 Å². The van der Waals surface area contributed by atoms with Crippen LogP contribution in [0.1, 0.15) is 54.7 Å². The Morgan fingerprint density at radius 3 is 2.44 bits per heavy atom. The lowest BCUT2D eigenvalue weighted by molar-refractivity contribution is -0.168. The van der Waals surface area contributed by atoms with E-state index in [1.54, 1.807) is 4.90 Å². The van der Waals surface area contributed by atoms with Crippen LogP contribution in [-0.2, 0) is 16.0 Å². The summed E-state index contributed by atoms with van der Waals surface area (Å²) in [6, 6.07) is 18.0. The summed E-state index contributed by atoms with van der Waals surface area (Å²) in [5, 5.41) is 10.0. The highest BCUT2D eigenvalue weighted by atomic mass is 16.3. The van der Waals surface area contributed by atoms with E-state index in [0.717, 1.165) is 36.8 Å². The van der Waals surface area contributed by atoms with Gasteiger partial charge in [0.05, 0.1) is 25.2 Å². The summed E-state index contributed by atoms with van der Waals surface area (Å²) >= 11 is 0. The molecule has 5 rings (SSSR count). The highest BCUT2D eigenvalue weighted by Crippen LogP contribution is 2.43. The maximum absolute atomic E-state index is 13.1. The summed E-state index contributed by atoms with van der Waals surface area (Å²) in [5.41, 5.74) is 3.24. The predicted molar refractivity (Wildman–Crippen MR) is 131 cm³/mol. The molecular formula is C29H32N2O3. The molecule has 2 aromatic carbocycles. The van der Waals surface area contributed by atoms with Crippen molar-refractivity contribution in [1.29, 1.82) is 0 Å². The van der Waals surface area contributed by atoms with Crippen molar-refractivity contribution in [2.75, 3.05) is 19.7 Å². The number of aliphatic hydroxyl groups excluding tert-OH is 1. The molecule has 3 aliphatic rings. The van der Waals surface area contributed by atoms with Crippen LogP contribution in [0.15, 0.2) is 54.6 Å². The molecule has 5 heteroatoms. The molecule has 0 aromatic heterocycles. The second kappa shape index (κ2) is 10.0. The third-order valence-corrected chi connectivity index (χ3v) is 7.68. The van der Waals surface area contributed by atoms with Crippen LogP contribution in [0, 0.1) is 17.8 Å². The fourth-order valence-electron chi connectivity index (χ4n) is 5.91. The third-order valence-electron chi connectivity index (χ3n) is 7.68. The number of carbonyl (C=O) groups excluding carboxylic acids is 2. The lowest BCUT2D eigenvalue weighted by atomic mass is 9.73. The van der Waals surface area contributed by atoms with Crippen LogP contribution < -0.4 is 0 Å². The molecule has 0 unspecified atom stereocenters. The molecule has 1 aliphatic carbocycles. The van der Waals surface area contributed by atoms with Gasteiger partial charge in [-0.1, -0.05) is 73.6 Å². The highest BCUT2D eigenvalue weighted by molar-refractivity contribution is 5.88. The van der Waals surface area contributed by atoms with E-state index in [1.807, 2.05) is 35.2 Å². The van der Waals surface area contributed by atoms with Gasteiger partial charge in [0.2, 0.25) is 11.8 Å². The van der Waals surface area contributed by atoms with Crippen molar-refractivity contribution in [3.63, 3.8) is 0 Å². The normalized spacial score (nSPS) is 24.6. The van der Waals surface area contributed by atoms with Gasteiger partial charge in [0, 0.05) is 30.4 Å². The molecule has 3 atom stereocenters. The molecule has 2 saturated heterocycles. The van der Waals surface area contributed by atoms with Gasteiger partial charge in [0.25, 0.3) is 0 Å². The van der Waals surface area contributed by atoms with E-state index in [1.165, 1.54) is 12.0 Å². The first-order chi connectivity index (χ1) is 16.7. The summed E-state index contributed by atoms with van der Waals surface area (Å²) in [5.74, 6) is 6.65. The van der Waals surface area contributed by atoms with Gasteiger partial charge in [0.15, 0.2) is 0 Å². The van der Waals surface area contributed by atoms with Crippen LogP contribution in [0.4, 0.5) is 0 Å². The summed E-state index contributed by atoms with van der Waals surface area (Å²) < 4.78 is 0. The fraction of sp³-hybridized carbons (Fsp3) is 0.448. The molecule has 2 aliphatic heterocycles. The molecule has 0 spiro atoms. The lowest BCUT2D eigenvalue weighted by Gasteiger charge is -2.59. The summed E-state index contributed by atoms with van der Waals surface area (Å²) in [6.45, 7) is 0.633. The zero-order valence-electron chi connectivity index (χ0n) is 19.5. The van der Waals surface area contributed by atoms with Gasteiger partial charge in [-0.2, -0.15) is 0 Å². The number of aliphatic hydroxyl groups is 1. The van der Waals surface area contributed by atoms with E-state index in [-0.39, 0.29) is 48.9 Å². The third kappa shape index (κ3) is 4.48. The van der Waals surface area contributed by atoms with Gasteiger partial charge in [-0.25, -0.2) is 0 Å². The molecule has 3 fully saturated rings. The van der Waals surface area contributed by atoms with Crippen LogP contribution >= 0.6 is 0 Å². The number of piperazine rings is 1. The molecule has 176 valence electrons. The zero-order chi connectivity index (χ0) is 23.5. The molecule has 1 saturated carbocycles. The average Bonchev–Trinajstić information content (AvgIpc) is 2.87. The smallest absolute Gasteiger partial charge is 0.242 e. The zero-order valence-corrected chi connectivity index (χ0v) is 19.5. The number of hydrogen-bond donors (Lipinski definition) is 1. The Kier molecular flexibility index (Phi) is 6.69. The van der Waals surface area contributed by atoms with Crippen molar-refractivity contribution in [2.45, 2.75) is 56.5 Å². The number of carbonyl (C=O) groups is 2. The van der Waals surface area contributed by atoms with Gasteiger partial charge >= 0.3 is 0 Å². The average molecular weight is 457 g/mol. The number of amides is 2. The lowest BCUT2D eigenvalue weighted by Crippen LogP contribution is -2.73. The number of fused-ring (bicyclic) bond motifs is 1. The van der Waals surface area contributed by atoms with Crippen LogP contribution in [0.2, 0.25) is 0 Å². The Morgan fingerprint density at radius 2 is 1.74 bits per heavy atom. The quantitative estimate of drug-likeness (QED) is 0.718. The maximum atomic E-state index is 13.1. The van der Waals surface area contributed by atoms with E-state index < -0.39 is 0 Å². The van der Waals surface area contributed by atoms with E-state index in [2.05, 4.69) is 36.1 Å². The van der Waals surface area contributed by atoms with Gasteiger partial charge in [-0.15, -0.1) is 0 Å².